The molecule has 1 aliphatic carbocycles. The number of benzene rings is 2. The molecule has 0 amide bonds. The topological polar surface area (TPSA) is 84.3 Å². The molecule has 1 aromatic heterocycles. The van der Waals surface area contributed by atoms with Gasteiger partial charge in [0, 0.05) is 48.3 Å². The van der Waals surface area contributed by atoms with Crippen LogP contribution >= 0.6 is 0 Å². The number of hydrogen-bond acceptors (Lipinski definition) is 6. The molecule has 6 rings (SSSR count). The Kier molecular flexibility index (Phi) is 4.58. The molecule has 2 aliphatic heterocycles. The van der Waals surface area contributed by atoms with Gasteiger partial charge in [-0.25, -0.2) is 13.8 Å². The fraction of sp³-hybridized carbons (Fsp3) is 0.231. The van der Waals surface area contributed by atoms with Gasteiger partial charge in [0.05, 0.1) is 11.3 Å². The van der Waals surface area contributed by atoms with Gasteiger partial charge in [0.15, 0.2) is 5.82 Å². The van der Waals surface area contributed by atoms with Crippen LogP contribution in [0.3, 0.4) is 0 Å². The molecule has 1 fully saturated rings. The first-order chi connectivity index (χ1) is 16.4. The van der Waals surface area contributed by atoms with E-state index in [2.05, 4.69) is 21.4 Å². The Balaban J connectivity index is 1.36. The Bertz CT molecular complexity index is 1380. The van der Waals surface area contributed by atoms with Crippen LogP contribution in [0.15, 0.2) is 49.3 Å². The van der Waals surface area contributed by atoms with Crippen LogP contribution in [0.4, 0.5) is 31.9 Å². The standard InChI is InChI=1S/C26H24F2N6/c1-14-6-9-34(18-3-4-18)24-19(14)11-20(27)22(23(24)28)16-2-5-21-15(10-16)7-8-33(21)13-17-12-31-26(30)32-25(17)29/h2,5-6,9-12,18H,1,3-4,7-8,13H2,(H4,29,30,31,32). The van der Waals surface area contributed by atoms with Crippen molar-refractivity contribution in [3.8, 4) is 11.1 Å². The van der Waals surface area contributed by atoms with Gasteiger partial charge in [0.1, 0.15) is 11.6 Å². The van der Waals surface area contributed by atoms with Gasteiger partial charge >= 0.3 is 0 Å². The first kappa shape index (κ1) is 20.7. The quantitative estimate of drug-likeness (QED) is 0.592. The number of aromatic nitrogens is 2. The van der Waals surface area contributed by atoms with E-state index in [9.17, 15) is 0 Å². The predicted molar refractivity (Wildman–Crippen MR) is 131 cm³/mol. The lowest BCUT2D eigenvalue weighted by Gasteiger charge is -2.29. The molecule has 8 heteroatoms. The van der Waals surface area contributed by atoms with Crippen LogP contribution in [0, 0.1) is 11.6 Å². The van der Waals surface area contributed by atoms with Crippen molar-refractivity contribution in [1.82, 2.24) is 9.97 Å². The van der Waals surface area contributed by atoms with Crippen LogP contribution in [0.25, 0.3) is 16.7 Å². The molecule has 0 spiro atoms. The summed E-state index contributed by atoms with van der Waals surface area (Å²) < 4.78 is 31.2. The number of halogens is 2. The lowest BCUT2D eigenvalue weighted by Crippen LogP contribution is -2.24. The number of fused-ring (bicyclic) bond motifs is 2. The van der Waals surface area contributed by atoms with E-state index in [0.29, 0.717) is 34.8 Å². The Morgan fingerprint density at radius 2 is 1.97 bits per heavy atom. The number of nitrogens with zero attached hydrogens (tertiary/aromatic N) is 4. The van der Waals surface area contributed by atoms with Crippen molar-refractivity contribution in [3.05, 3.63) is 77.6 Å². The highest BCUT2D eigenvalue weighted by Gasteiger charge is 2.35. The third-order valence-electron chi connectivity index (χ3n) is 6.81. The van der Waals surface area contributed by atoms with Crippen molar-refractivity contribution in [2.24, 2.45) is 0 Å². The van der Waals surface area contributed by atoms with E-state index in [0.717, 1.165) is 42.6 Å². The van der Waals surface area contributed by atoms with Crippen LogP contribution in [0.2, 0.25) is 0 Å². The molecule has 3 aliphatic rings. The molecule has 0 atom stereocenters. The summed E-state index contributed by atoms with van der Waals surface area (Å²) in [6, 6.07) is 7.26. The lowest BCUT2D eigenvalue weighted by molar-refractivity contribution is 0.586. The van der Waals surface area contributed by atoms with Gasteiger partial charge in [-0.3, -0.25) is 0 Å². The second kappa shape index (κ2) is 7.55. The molecule has 6 nitrogen and oxygen atoms in total. The number of nitrogen functional groups attached to an aromatic ring is 2. The van der Waals surface area contributed by atoms with Crippen molar-refractivity contribution in [2.75, 3.05) is 27.8 Å². The minimum Gasteiger partial charge on any atom is -0.383 e. The van der Waals surface area contributed by atoms with Crippen LogP contribution in [-0.4, -0.2) is 22.6 Å². The lowest BCUT2D eigenvalue weighted by atomic mass is 9.93. The minimum absolute atomic E-state index is 0.00456. The summed E-state index contributed by atoms with van der Waals surface area (Å²) in [5.74, 6) is -0.619. The van der Waals surface area contributed by atoms with Crippen molar-refractivity contribution >= 4 is 28.7 Å². The number of anilines is 4. The summed E-state index contributed by atoms with van der Waals surface area (Å²) in [5.41, 5.74) is 16.5. The van der Waals surface area contributed by atoms with Gasteiger partial charge in [-0.2, -0.15) is 4.98 Å². The summed E-state index contributed by atoms with van der Waals surface area (Å²) in [6.07, 6.45) is 8.08. The Hall–Kier alpha value is -3.94. The maximum absolute atomic E-state index is 15.9. The molecule has 1 saturated carbocycles. The zero-order valence-corrected chi connectivity index (χ0v) is 18.6. The van der Waals surface area contributed by atoms with Gasteiger partial charge in [0.2, 0.25) is 5.95 Å². The second-order valence-electron chi connectivity index (χ2n) is 9.08. The largest absolute Gasteiger partial charge is 0.383 e. The summed E-state index contributed by atoms with van der Waals surface area (Å²) in [4.78, 5) is 12.2. The van der Waals surface area contributed by atoms with Crippen LogP contribution in [0.1, 0.15) is 29.5 Å². The second-order valence-corrected chi connectivity index (χ2v) is 9.08. The van der Waals surface area contributed by atoms with E-state index >= 15 is 8.78 Å². The zero-order chi connectivity index (χ0) is 23.6. The highest BCUT2D eigenvalue weighted by molar-refractivity contribution is 5.89. The summed E-state index contributed by atoms with van der Waals surface area (Å²) in [7, 11) is 0. The van der Waals surface area contributed by atoms with Crippen molar-refractivity contribution < 1.29 is 8.78 Å². The SMILES string of the molecule is C=C1C=CN(C2CC2)c2c1cc(F)c(-c1ccc3c(c1)CCN3Cc1cnc(N)nc1N)c2F. The number of rotatable bonds is 4. The molecule has 3 heterocycles. The smallest absolute Gasteiger partial charge is 0.221 e. The molecule has 0 radical (unpaired) electrons. The van der Waals surface area contributed by atoms with Crippen LogP contribution < -0.4 is 21.3 Å². The Labute approximate surface area is 196 Å². The highest BCUT2D eigenvalue weighted by atomic mass is 19.1. The molecular weight excluding hydrogens is 434 g/mol. The Morgan fingerprint density at radius 1 is 1.15 bits per heavy atom. The highest BCUT2D eigenvalue weighted by Crippen LogP contribution is 2.45. The van der Waals surface area contributed by atoms with Crippen molar-refractivity contribution in [2.45, 2.75) is 31.8 Å². The van der Waals surface area contributed by atoms with E-state index < -0.39 is 11.6 Å². The molecule has 0 saturated heterocycles. The fourth-order valence-electron chi connectivity index (χ4n) is 4.91. The van der Waals surface area contributed by atoms with Crippen LogP contribution in [0.5, 0.6) is 0 Å². The normalized spacial score (nSPS) is 16.7. The number of nitrogens with two attached hydrogens (primary N) is 2. The first-order valence-corrected chi connectivity index (χ1v) is 11.3. The maximum Gasteiger partial charge on any atom is 0.221 e. The predicted octanol–water partition coefficient (Wildman–Crippen LogP) is 4.66. The minimum atomic E-state index is -0.579. The number of hydrogen-bond donors (Lipinski definition) is 2. The van der Waals surface area contributed by atoms with Gasteiger partial charge in [0.25, 0.3) is 0 Å². The van der Waals surface area contributed by atoms with Gasteiger partial charge < -0.3 is 21.3 Å². The van der Waals surface area contributed by atoms with Crippen molar-refractivity contribution in [1.29, 1.82) is 0 Å². The molecule has 0 unspecified atom stereocenters. The third-order valence-corrected chi connectivity index (χ3v) is 6.81. The van der Waals surface area contributed by atoms with Crippen molar-refractivity contribution in [3.63, 3.8) is 0 Å². The molecule has 172 valence electrons. The van der Waals surface area contributed by atoms with E-state index in [1.165, 1.54) is 6.07 Å². The average Bonchev–Trinajstić information content (AvgIpc) is 3.57. The first-order valence-electron chi connectivity index (χ1n) is 11.3. The average molecular weight is 459 g/mol. The molecule has 0 bridgehead atoms. The third kappa shape index (κ3) is 3.29. The summed E-state index contributed by atoms with van der Waals surface area (Å²) in [6.45, 7) is 5.27. The van der Waals surface area contributed by atoms with E-state index in [-0.39, 0.29) is 17.6 Å². The van der Waals surface area contributed by atoms with E-state index in [4.69, 9.17) is 11.5 Å². The molecule has 2 aromatic carbocycles. The van der Waals surface area contributed by atoms with Gasteiger partial charge in [-0.15, -0.1) is 0 Å². The molecule has 34 heavy (non-hydrogen) atoms. The number of allylic oxidation sites excluding steroid dienone is 2. The van der Waals surface area contributed by atoms with E-state index in [1.807, 2.05) is 29.3 Å². The van der Waals surface area contributed by atoms with Gasteiger partial charge in [-0.05, 0) is 60.2 Å². The van der Waals surface area contributed by atoms with Gasteiger partial charge in [-0.1, -0.05) is 12.6 Å². The maximum atomic E-state index is 15.9. The summed E-state index contributed by atoms with van der Waals surface area (Å²) in [5, 5.41) is 0. The van der Waals surface area contributed by atoms with E-state index in [1.54, 1.807) is 12.3 Å². The van der Waals surface area contributed by atoms with Crippen LogP contribution in [-0.2, 0) is 13.0 Å². The monoisotopic (exact) mass is 458 g/mol. The molecular formula is C26H24F2N6. The zero-order valence-electron chi connectivity index (χ0n) is 18.6. The molecule has 4 N–H and O–H groups in total. The summed E-state index contributed by atoms with van der Waals surface area (Å²) >= 11 is 0. The molecule has 3 aromatic rings. The fourth-order valence-corrected chi connectivity index (χ4v) is 4.91. The Morgan fingerprint density at radius 3 is 2.74 bits per heavy atom.